The molecule has 0 saturated heterocycles. The van der Waals surface area contributed by atoms with Gasteiger partial charge in [-0.25, -0.2) is 9.83 Å². The van der Waals surface area contributed by atoms with Gasteiger partial charge in [0.05, 0.1) is 17.8 Å². The van der Waals surface area contributed by atoms with Crippen LogP contribution in [0.25, 0.3) is 48.9 Å². The molecular weight excluding hydrogens is 308 g/mol. The van der Waals surface area contributed by atoms with Gasteiger partial charge in [-0.1, -0.05) is 54.6 Å². The van der Waals surface area contributed by atoms with Crippen molar-refractivity contribution in [3.05, 3.63) is 84.2 Å². The number of fused-ring (bicyclic) bond motifs is 4. The summed E-state index contributed by atoms with van der Waals surface area (Å²) in [4.78, 5) is 8.37. The molecule has 5 rings (SSSR count). The van der Waals surface area contributed by atoms with E-state index in [1.165, 1.54) is 0 Å². The molecule has 0 aliphatic heterocycles. The van der Waals surface area contributed by atoms with Crippen LogP contribution in [0.4, 0.5) is 5.69 Å². The SMILES string of the molecule is [C-]#[N+]c1cccc2c1oc1c(-c3ccc4ccccc4n3)cccc12. The molecule has 5 aromatic rings. The first-order chi connectivity index (χ1) is 12.3. The van der Waals surface area contributed by atoms with Crippen molar-refractivity contribution in [2.45, 2.75) is 0 Å². The number of pyridine rings is 1. The highest BCUT2D eigenvalue weighted by Crippen LogP contribution is 2.39. The minimum atomic E-state index is 0.533. The van der Waals surface area contributed by atoms with Crippen molar-refractivity contribution >= 4 is 38.5 Å². The third-order valence-electron chi connectivity index (χ3n) is 4.50. The van der Waals surface area contributed by atoms with Gasteiger partial charge in [0.15, 0.2) is 0 Å². The molecule has 2 aromatic heterocycles. The Labute approximate surface area is 144 Å². The van der Waals surface area contributed by atoms with Crippen molar-refractivity contribution < 1.29 is 4.42 Å². The highest BCUT2D eigenvalue weighted by atomic mass is 16.3. The van der Waals surface area contributed by atoms with Crippen molar-refractivity contribution in [3.63, 3.8) is 0 Å². The zero-order chi connectivity index (χ0) is 16.8. The summed E-state index contributed by atoms with van der Waals surface area (Å²) in [5, 5.41) is 3.08. The van der Waals surface area contributed by atoms with Gasteiger partial charge >= 0.3 is 0 Å². The second-order valence-electron chi connectivity index (χ2n) is 5.94. The fraction of sp³-hybridized carbons (Fsp3) is 0. The lowest BCUT2D eigenvalue weighted by molar-refractivity contribution is 0.671. The number of rotatable bonds is 1. The van der Waals surface area contributed by atoms with E-state index in [0.717, 1.165) is 38.5 Å². The Balaban J connectivity index is 1.85. The maximum absolute atomic E-state index is 7.36. The van der Waals surface area contributed by atoms with Crippen LogP contribution < -0.4 is 0 Å². The summed E-state index contributed by atoms with van der Waals surface area (Å²) in [6, 6.07) is 23.9. The fourth-order valence-electron chi connectivity index (χ4n) is 3.31. The molecule has 0 unspecified atom stereocenters. The summed E-state index contributed by atoms with van der Waals surface area (Å²) in [7, 11) is 0. The molecule has 0 bridgehead atoms. The Morgan fingerprint density at radius 3 is 2.44 bits per heavy atom. The number of benzene rings is 3. The standard InChI is InChI=1S/C22H12N2O/c1-23-20-11-5-8-16-15-7-4-9-17(21(15)25-22(16)20)19-13-12-14-6-2-3-10-18(14)24-19/h2-13H. The van der Waals surface area contributed by atoms with Gasteiger partial charge in [-0.3, -0.25) is 0 Å². The van der Waals surface area contributed by atoms with Crippen LogP contribution in [0.1, 0.15) is 0 Å². The minimum Gasteiger partial charge on any atom is -0.466 e. The minimum absolute atomic E-state index is 0.533. The predicted molar refractivity (Wildman–Crippen MR) is 101 cm³/mol. The van der Waals surface area contributed by atoms with Crippen LogP contribution in [-0.4, -0.2) is 4.98 Å². The van der Waals surface area contributed by atoms with Gasteiger partial charge in [0.25, 0.3) is 0 Å². The van der Waals surface area contributed by atoms with Gasteiger partial charge < -0.3 is 4.42 Å². The van der Waals surface area contributed by atoms with E-state index in [-0.39, 0.29) is 0 Å². The Hall–Kier alpha value is -3.64. The lowest BCUT2D eigenvalue weighted by Crippen LogP contribution is -1.85. The molecule has 3 nitrogen and oxygen atoms in total. The van der Waals surface area contributed by atoms with E-state index >= 15 is 0 Å². The topological polar surface area (TPSA) is 30.4 Å². The molecule has 0 fully saturated rings. The van der Waals surface area contributed by atoms with Crippen LogP contribution in [0.15, 0.2) is 77.2 Å². The average Bonchev–Trinajstić information content (AvgIpc) is 3.06. The Bertz CT molecular complexity index is 1310. The van der Waals surface area contributed by atoms with Crippen molar-refractivity contribution in [1.82, 2.24) is 4.98 Å². The first-order valence-electron chi connectivity index (χ1n) is 8.03. The van der Waals surface area contributed by atoms with Crippen molar-refractivity contribution in [3.8, 4) is 11.3 Å². The molecular formula is C22H12N2O. The monoisotopic (exact) mass is 320 g/mol. The van der Waals surface area contributed by atoms with Crippen LogP contribution in [0.5, 0.6) is 0 Å². The Morgan fingerprint density at radius 2 is 1.56 bits per heavy atom. The lowest BCUT2D eigenvalue weighted by Gasteiger charge is -2.04. The van der Waals surface area contributed by atoms with E-state index in [1.807, 2.05) is 54.6 Å². The number of hydrogen-bond donors (Lipinski definition) is 0. The summed E-state index contributed by atoms with van der Waals surface area (Å²) >= 11 is 0. The van der Waals surface area contributed by atoms with Gasteiger partial charge in [0.1, 0.15) is 11.2 Å². The number of furan rings is 1. The van der Waals surface area contributed by atoms with E-state index in [4.69, 9.17) is 16.0 Å². The molecule has 0 aliphatic rings. The fourth-order valence-corrected chi connectivity index (χ4v) is 3.31. The van der Waals surface area contributed by atoms with E-state index in [2.05, 4.69) is 17.0 Å². The van der Waals surface area contributed by atoms with Gasteiger partial charge in [0.2, 0.25) is 5.69 Å². The normalized spacial score (nSPS) is 11.2. The molecule has 116 valence electrons. The van der Waals surface area contributed by atoms with Crippen LogP contribution in [0, 0.1) is 6.57 Å². The van der Waals surface area contributed by atoms with Gasteiger partial charge in [-0.2, -0.15) is 0 Å². The van der Waals surface area contributed by atoms with E-state index < -0.39 is 0 Å². The van der Waals surface area contributed by atoms with Gasteiger partial charge in [-0.15, -0.1) is 0 Å². The zero-order valence-electron chi connectivity index (χ0n) is 13.2. The summed E-state index contributed by atoms with van der Waals surface area (Å²) in [5.74, 6) is 0. The molecule has 0 atom stereocenters. The van der Waals surface area contributed by atoms with Crippen molar-refractivity contribution in [2.75, 3.05) is 0 Å². The average molecular weight is 320 g/mol. The quantitative estimate of drug-likeness (QED) is 0.337. The Kier molecular flexibility index (Phi) is 2.86. The molecule has 25 heavy (non-hydrogen) atoms. The highest BCUT2D eigenvalue weighted by Gasteiger charge is 2.15. The summed E-state index contributed by atoms with van der Waals surface area (Å²) in [5.41, 5.74) is 4.71. The smallest absolute Gasteiger partial charge is 0.229 e. The third-order valence-corrected chi connectivity index (χ3v) is 4.50. The van der Waals surface area contributed by atoms with Crippen molar-refractivity contribution in [1.29, 1.82) is 0 Å². The van der Waals surface area contributed by atoms with E-state index in [0.29, 0.717) is 11.3 Å². The molecule has 0 radical (unpaired) electrons. The third kappa shape index (κ3) is 2.02. The maximum atomic E-state index is 7.36. The van der Waals surface area contributed by atoms with Gasteiger partial charge in [-0.05, 0) is 18.2 Å². The molecule has 2 heterocycles. The number of hydrogen-bond acceptors (Lipinski definition) is 2. The molecule has 0 spiro atoms. The van der Waals surface area contributed by atoms with E-state index in [9.17, 15) is 0 Å². The second kappa shape index (κ2) is 5.19. The molecule has 3 heteroatoms. The molecule has 0 saturated carbocycles. The van der Waals surface area contributed by atoms with Gasteiger partial charge in [0, 0.05) is 21.7 Å². The van der Waals surface area contributed by atoms with Crippen molar-refractivity contribution in [2.24, 2.45) is 0 Å². The summed E-state index contributed by atoms with van der Waals surface area (Å²) < 4.78 is 6.12. The van der Waals surface area contributed by atoms with Crippen LogP contribution >= 0.6 is 0 Å². The van der Waals surface area contributed by atoms with E-state index in [1.54, 1.807) is 6.07 Å². The first-order valence-corrected chi connectivity index (χ1v) is 8.03. The summed E-state index contributed by atoms with van der Waals surface area (Å²) in [6.45, 7) is 7.36. The second-order valence-corrected chi connectivity index (χ2v) is 5.94. The molecule has 0 N–H and O–H groups in total. The first kappa shape index (κ1) is 13.8. The Morgan fingerprint density at radius 1 is 0.760 bits per heavy atom. The number of nitrogens with zero attached hydrogens (tertiary/aromatic N) is 2. The van der Waals surface area contributed by atoms with Crippen LogP contribution in [0.2, 0.25) is 0 Å². The summed E-state index contributed by atoms with van der Waals surface area (Å²) in [6.07, 6.45) is 0. The highest BCUT2D eigenvalue weighted by molar-refractivity contribution is 6.12. The largest absolute Gasteiger partial charge is 0.466 e. The lowest BCUT2D eigenvalue weighted by atomic mass is 10.1. The zero-order valence-corrected chi connectivity index (χ0v) is 13.2. The number of aromatic nitrogens is 1. The molecule has 0 amide bonds. The van der Waals surface area contributed by atoms with Crippen LogP contribution in [0.3, 0.4) is 0 Å². The van der Waals surface area contributed by atoms with Crippen LogP contribution in [-0.2, 0) is 0 Å². The molecule has 0 aliphatic carbocycles. The number of para-hydroxylation sites is 3. The maximum Gasteiger partial charge on any atom is 0.229 e. The predicted octanol–water partition coefficient (Wildman–Crippen LogP) is 6.35. The molecule has 3 aromatic carbocycles.